The highest BCUT2D eigenvalue weighted by Gasteiger charge is 2.26. The van der Waals surface area contributed by atoms with E-state index in [2.05, 4.69) is 10.6 Å². The summed E-state index contributed by atoms with van der Waals surface area (Å²) in [5.41, 5.74) is 0. The van der Waals surface area contributed by atoms with Crippen LogP contribution in [0.25, 0.3) is 10.8 Å². The second-order valence-corrected chi connectivity index (χ2v) is 5.13. The number of ether oxygens (including phenoxy) is 4. The van der Waals surface area contributed by atoms with E-state index in [4.69, 9.17) is 30.5 Å². The Morgan fingerprint density at radius 3 is 1.76 bits per heavy atom. The Bertz CT molecular complexity index is 824. The van der Waals surface area contributed by atoms with Crippen molar-refractivity contribution in [2.45, 2.75) is 0 Å². The van der Waals surface area contributed by atoms with Crippen LogP contribution < -0.4 is 29.6 Å². The summed E-state index contributed by atoms with van der Waals surface area (Å²) in [6.45, 7) is 0. The molecule has 0 aliphatic carbocycles. The number of amides is 2. The summed E-state index contributed by atoms with van der Waals surface area (Å²) in [6.07, 6.45) is -1.40. The molecule has 2 aromatic rings. The molecule has 0 aliphatic heterocycles. The summed E-state index contributed by atoms with van der Waals surface area (Å²) in [7, 11) is 5.59. The zero-order valence-electron chi connectivity index (χ0n) is 14.1. The van der Waals surface area contributed by atoms with Gasteiger partial charge in [0.05, 0.1) is 14.2 Å². The van der Waals surface area contributed by atoms with E-state index >= 15 is 0 Å². The van der Waals surface area contributed by atoms with Gasteiger partial charge in [-0.05, 0) is 18.2 Å². The predicted molar refractivity (Wildman–Crippen MR) is 92.2 cm³/mol. The first-order valence-corrected chi connectivity index (χ1v) is 7.50. The molecule has 0 aromatic heterocycles. The van der Waals surface area contributed by atoms with Crippen LogP contribution in [0, 0.1) is 0 Å². The van der Waals surface area contributed by atoms with Gasteiger partial charge in [0.1, 0.15) is 0 Å². The minimum atomic E-state index is -0.707. The third-order valence-electron chi connectivity index (χ3n) is 3.30. The SMILES string of the molecule is CNC(=O)Oc1c(OC)c(OC)c(OC(=O)NC)c2cc(Cl)ccc12. The van der Waals surface area contributed by atoms with Gasteiger partial charge in [-0.25, -0.2) is 9.59 Å². The van der Waals surface area contributed by atoms with Crippen molar-refractivity contribution in [1.82, 2.24) is 10.6 Å². The highest BCUT2D eigenvalue weighted by Crippen LogP contribution is 2.51. The van der Waals surface area contributed by atoms with Crippen LogP contribution in [-0.4, -0.2) is 40.5 Å². The van der Waals surface area contributed by atoms with Crippen molar-refractivity contribution < 1.29 is 28.5 Å². The smallest absolute Gasteiger partial charge is 0.412 e. The molecule has 134 valence electrons. The number of carbonyl (C=O) groups is 2. The molecule has 0 aliphatic rings. The van der Waals surface area contributed by atoms with Gasteiger partial charge in [0.2, 0.25) is 11.5 Å². The molecular formula is C16H17ClN2O6. The van der Waals surface area contributed by atoms with Gasteiger partial charge in [-0.15, -0.1) is 0 Å². The number of carbonyl (C=O) groups excluding carboxylic acids is 2. The second kappa shape index (κ2) is 7.80. The van der Waals surface area contributed by atoms with E-state index in [1.807, 2.05) is 0 Å². The van der Waals surface area contributed by atoms with Gasteiger partial charge in [-0.2, -0.15) is 0 Å². The fourth-order valence-electron chi connectivity index (χ4n) is 2.21. The molecule has 9 heteroatoms. The summed E-state index contributed by atoms with van der Waals surface area (Å²) < 4.78 is 21.3. The molecule has 0 saturated carbocycles. The van der Waals surface area contributed by atoms with Crippen LogP contribution in [0.3, 0.4) is 0 Å². The minimum absolute atomic E-state index is 0.0831. The third kappa shape index (κ3) is 3.63. The molecular weight excluding hydrogens is 352 g/mol. The predicted octanol–water partition coefficient (Wildman–Crippen LogP) is 2.95. The van der Waals surface area contributed by atoms with E-state index in [-0.39, 0.29) is 23.0 Å². The molecule has 0 heterocycles. The van der Waals surface area contributed by atoms with Crippen molar-refractivity contribution in [2.75, 3.05) is 28.3 Å². The molecule has 2 rings (SSSR count). The first-order valence-electron chi connectivity index (χ1n) is 7.13. The Balaban J connectivity index is 2.86. The Labute approximate surface area is 148 Å². The third-order valence-corrected chi connectivity index (χ3v) is 3.53. The Morgan fingerprint density at radius 1 is 0.840 bits per heavy atom. The number of halogens is 1. The quantitative estimate of drug-likeness (QED) is 0.861. The fraction of sp³-hybridized carbons (Fsp3) is 0.250. The van der Waals surface area contributed by atoms with Gasteiger partial charge in [0, 0.05) is 29.9 Å². The Hall–Kier alpha value is -2.87. The van der Waals surface area contributed by atoms with Crippen molar-refractivity contribution in [3.05, 3.63) is 23.2 Å². The summed E-state index contributed by atoms with van der Waals surface area (Å²) >= 11 is 6.07. The lowest BCUT2D eigenvalue weighted by atomic mass is 10.1. The second-order valence-electron chi connectivity index (χ2n) is 4.69. The van der Waals surface area contributed by atoms with Gasteiger partial charge in [-0.3, -0.25) is 0 Å². The van der Waals surface area contributed by atoms with Gasteiger partial charge in [0.25, 0.3) is 0 Å². The van der Waals surface area contributed by atoms with Crippen LogP contribution in [0.2, 0.25) is 5.02 Å². The van der Waals surface area contributed by atoms with Crippen LogP contribution in [0.4, 0.5) is 9.59 Å². The van der Waals surface area contributed by atoms with Crippen molar-refractivity contribution in [3.63, 3.8) is 0 Å². The summed E-state index contributed by atoms with van der Waals surface area (Å²) in [5, 5.41) is 5.96. The van der Waals surface area contributed by atoms with E-state index in [0.29, 0.717) is 15.8 Å². The van der Waals surface area contributed by atoms with Crippen molar-refractivity contribution >= 4 is 34.6 Å². The Morgan fingerprint density at radius 2 is 1.32 bits per heavy atom. The molecule has 0 unspecified atom stereocenters. The summed E-state index contributed by atoms with van der Waals surface area (Å²) in [5.74, 6) is 0.370. The molecule has 0 fully saturated rings. The Kier molecular flexibility index (Phi) is 5.76. The maximum Gasteiger partial charge on any atom is 0.412 e. The van der Waals surface area contributed by atoms with E-state index in [0.717, 1.165) is 0 Å². The molecule has 2 amide bonds. The first kappa shape index (κ1) is 18.5. The largest absolute Gasteiger partial charge is 0.490 e. The number of rotatable bonds is 4. The molecule has 2 N–H and O–H groups in total. The van der Waals surface area contributed by atoms with E-state index in [9.17, 15) is 9.59 Å². The van der Waals surface area contributed by atoms with Gasteiger partial charge in [0.15, 0.2) is 11.5 Å². The highest BCUT2D eigenvalue weighted by atomic mass is 35.5. The number of methoxy groups -OCH3 is 2. The van der Waals surface area contributed by atoms with E-state index in [1.54, 1.807) is 18.2 Å². The molecule has 0 bridgehead atoms. The zero-order valence-corrected chi connectivity index (χ0v) is 14.8. The number of fused-ring (bicyclic) bond motifs is 1. The lowest BCUT2D eigenvalue weighted by Crippen LogP contribution is -2.23. The number of benzene rings is 2. The average Bonchev–Trinajstić information content (AvgIpc) is 2.62. The van der Waals surface area contributed by atoms with Crippen molar-refractivity contribution in [1.29, 1.82) is 0 Å². The van der Waals surface area contributed by atoms with Crippen molar-refractivity contribution in [2.24, 2.45) is 0 Å². The molecule has 0 spiro atoms. The molecule has 2 aromatic carbocycles. The maximum absolute atomic E-state index is 11.7. The van der Waals surface area contributed by atoms with Crippen LogP contribution in [0.15, 0.2) is 18.2 Å². The zero-order chi connectivity index (χ0) is 18.6. The number of hydrogen-bond acceptors (Lipinski definition) is 6. The lowest BCUT2D eigenvalue weighted by molar-refractivity contribution is 0.197. The van der Waals surface area contributed by atoms with Crippen LogP contribution in [0.5, 0.6) is 23.0 Å². The monoisotopic (exact) mass is 368 g/mol. The normalized spacial score (nSPS) is 10.1. The first-order chi connectivity index (χ1) is 12.0. The molecule has 25 heavy (non-hydrogen) atoms. The molecule has 0 radical (unpaired) electrons. The van der Waals surface area contributed by atoms with Gasteiger partial charge < -0.3 is 29.6 Å². The van der Waals surface area contributed by atoms with Crippen LogP contribution in [-0.2, 0) is 0 Å². The molecule has 8 nitrogen and oxygen atoms in total. The topological polar surface area (TPSA) is 95.1 Å². The number of nitrogens with one attached hydrogen (secondary N) is 2. The molecule has 0 atom stereocenters. The highest BCUT2D eigenvalue weighted by molar-refractivity contribution is 6.31. The lowest BCUT2D eigenvalue weighted by Gasteiger charge is -2.19. The van der Waals surface area contributed by atoms with Crippen molar-refractivity contribution in [3.8, 4) is 23.0 Å². The van der Waals surface area contributed by atoms with Crippen LogP contribution >= 0.6 is 11.6 Å². The maximum atomic E-state index is 11.7. The minimum Gasteiger partial charge on any atom is -0.490 e. The van der Waals surface area contributed by atoms with E-state index < -0.39 is 12.2 Å². The standard InChI is InChI=1S/C16H17ClN2O6/c1-18-15(20)24-11-9-6-5-8(17)7-10(9)12(25-16(21)19-2)14(23-4)13(11)22-3/h5-7H,1-4H3,(H,18,20)(H,19,21). The average molecular weight is 369 g/mol. The van der Waals surface area contributed by atoms with E-state index in [1.165, 1.54) is 28.3 Å². The summed E-state index contributed by atoms with van der Waals surface area (Å²) in [4.78, 5) is 23.4. The fourth-order valence-corrected chi connectivity index (χ4v) is 2.39. The number of hydrogen-bond donors (Lipinski definition) is 2. The van der Waals surface area contributed by atoms with Gasteiger partial charge >= 0.3 is 12.2 Å². The van der Waals surface area contributed by atoms with Crippen LogP contribution in [0.1, 0.15) is 0 Å². The molecule has 0 saturated heterocycles. The summed E-state index contributed by atoms with van der Waals surface area (Å²) in [6, 6.07) is 4.79. The van der Waals surface area contributed by atoms with Gasteiger partial charge in [-0.1, -0.05) is 11.6 Å².